The van der Waals surface area contributed by atoms with Crippen LogP contribution >= 0.6 is 0 Å². The van der Waals surface area contributed by atoms with Gasteiger partial charge in [-0.25, -0.2) is 0 Å². The third-order valence-corrected chi connectivity index (χ3v) is 8.38. The number of fused-ring (bicyclic) bond motifs is 1. The largest absolute Gasteiger partial charge is 0.340 e. The van der Waals surface area contributed by atoms with Gasteiger partial charge in [0.25, 0.3) is 0 Å². The van der Waals surface area contributed by atoms with Crippen molar-refractivity contribution < 1.29 is 0 Å². The van der Waals surface area contributed by atoms with E-state index in [-0.39, 0.29) is 11.1 Å². The molecule has 0 radical (unpaired) electrons. The zero-order valence-electron chi connectivity index (χ0n) is 22.0. The molecule has 0 saturated carbocycles. The Labute approximate surface area is 226 Å². The molecule has 5 nitrogen and oxygen atoms in total. The smallest absolute Gasteiger partial charge is 0.137 e. The Kier molecular flexibility index (Phi) is 5.80. The van der Waals surface area contributed by atoms with E-state index in [1.807, 2.05) is 36.4 Å². The summed E-state index contributed by atoms with van der Waals surface area (Å²) in [6.07, 6.45) is 4.41. The van der Waals surface area contributed by atoms with Crippen molar-refractivity contribution in [2.24, 2.45) is 5.92 Å². The molecule has 6 aromatic rings. The van der Waals surface area contributed by atoms with Crippen molar-refractivity contribution in [3.8, 4) is 24.3 Å². The van der Waals surface area contributed by atoms with Crippen LogP contribution in [0.2, 0.25) is 0 Å². The zero-order chi connectivity index (χ0) is 27.3. The second-order valence-corrected chi connectivity index (χ2v) is 10.3. The first-order valence-corrected chi connectivity index (χ1v) is 13.4. The van der Waals surface area contributed by atoms with Gasteiger partial charge in [0.05, 0.1) is 11.0 Å². The van der Waals surface area contributed by atoms with Crippen molar-refractivity contribution in [2.45, 2.75) is 46.1 Å². The monoisotopic (exact) mass is 503 g/mol. The van der Waals surface area contributed by atoms with Gasteiger partial charge >= 0.3 is 0 Å². The quantitative estimate of drug-likeness (QED) is 0.185. The summed E-state index contributed by atoms with van der Waals surface area (Å²) in [5, 5.41) is 49.0. The van der Waals surface area contributed by atoms with E-state index in [1.165, 1.54) is 0 Å². The first kappa shape index (κ1) is 24.2. The van der Waals surface area contributed by atoms with E-state index in [1.54, 1.807) is 0 Å². The van der Waals surface area contributed by atoms with Gasteiger partial charge < -0.3 is 4.57 Å². The molecule has 5 heteroatoms. The van der Waals surface area contributed by atoms with E-state index < -0.39 is 0 Å². The Morgan fingerprint density at radius 1 is 0.692 bits per heavy atom. The van der Waals surface area contributed by atoms with Crippen LogP contribution in [0.3, 0.4) is 0 Å². The summed E-state index contributed by atoms with van der Waals surface area (Å²) >= 11 is 0. The summed E-state index contributed by atoms with van der Waals surface area (Å²) in [5.41, 5.74) is 2.17. The Morgan fingerprint density at radius 2 is 1.15 bits per heavy atom. The normalized spacial score (nSPS) is 12.2. The Hall–Kier alpha value is -5.10. The number of benzene rings is 5. The third kappa shape index (κ3) is 3.35. The van der Waals surface area contributed by atoms with Crippen molar-refractivity contribution in [2.75, 3.05) is 0 Å². The number of hydrogen-bond donors (Lipinski definition) is 0. The van der Waals surface area contributed by atoms with Crippen molar-refractivity contribution in [1.82, 2.24) is 4.57 Å². The number of rotatable bonds is 6. The second kappa shape index (κ2) is 9.33. The highest BCUT2D eigenvalue weighted by Gasteiger charge is 2.24. The zero-order valence-corrected chi connectivity index (χ0v) is 22.0. The fourth-order valence-electron chi connectivity index (χ4n) is 6.51. The van der Waals surface area contributed by atoms with Crippen LogP contribution in [0.25, 0.3) is 65.3 Å². The molecule has 186 valence electrons. The Balaban J connectivity index is 1.96. The van der Waals surface area contributed by atoms with Gasteiger partial charge in [0.1, 0.15) is 35.4 Å². The number of aromatic nitrogens is 1. The summed E-state index contributed by atoms with van der Waals surface area (Å²) < 4.78 is 2.32. The molecule has 1 aromatic heterocycles. The summed E-state index contributed by atoms with van der Waals surface area (Å²) in [6, 6.07) is 24.6. The second-order valence-electron chi connectivity index (χ2n) is 10.3. The molecule has 5 aromatic carbocycles. The number of unbranched alkanes of at least 4 members (excludes halogenated alkanes) is 1. The summed E-state index contributed by atoms with van der Waals surface area (Å²) in [7, 11) is 0. The van der Waals surface area contributed by atoms with Crippen LogP contribution in [0, 0.1) is 51.2 Å². The van der Waals surface area contributed by atoms with Crippen LogP contribution in [0.15, 0.2) is 48.5 Å². The molecule has 39 heavy (non-hydrogen) atoms. The molecule has 0 aliphatic heterocycles. The molecule has 0 aliphatic carbocycles. The highest BCUT2D eigenvalue weighted by atomic mass is 15.0. The van der Waals surface area contributed by atoms with E-state index in [0.29, 0.717) is 16.4 Å². The van der Waals surface area contributed by atoms with Crippen LogP contribution < -0.4 is 10.4 Å². The Bertz CT molecular complexity index is 2040. The predicted molar refractivity (Wildman–Crippen MR) is 156 cm³/mol. The Morgan fingerprint density at radius 3 is 1.56 bits per heavy atom. The van der Waals surface area contributed by atoms with E-state index in [4.69, 9.17) is 0 Å². The molecule has 0 N–H and O–H groups in total. The van der Waals surface area contributed by atoms with Crippen molar-refractivity contribution >= 4 is 65.3 Å². The lowest BCUT2D eigenvalue weighted by Crippen LogP contribution is -2.13. The maximum atomic E-state index is 9.88. The molecular weight excluding hydrogens is 478 g/mol. The summed E-state index contributed by atoms with van der Waals surface area (Å²) in [5.74, 6) is 0.444. The van der Waals surface area contributed by atoms with Crippen LogP contribution in [-0.2, 0) is 6.54 Å². The molecule has 6 rings (SSSR count). The first-order valence-electron chi connectivity index (χ1n) is 13.4. The van der Waals surface area contributed by atoms with Gasteiger partial charge in [-0.05, 0) is 46.0 Å². The fraction of sp³-hybridized carbons (Fsp3) is 0.235. The van der Waals surface area contributed by atoms with E-state index in [2.05, 4.69) is 54.8 Å². The SMILES string of the molecule is CCCCC(CC)Cn1c2cc(=C(C#N)C#N)c3cccc4c5cccc6c(=C(C#N)C#N)cc1c(c65)c2c34. The lowest BCUT2D eigenvalue weighted by Gasteiger charge is -2.17. The number of hydrogen-bond acceptors (Lipinski definition) is 4. The van der Waals surface area contributed by atoms with Gasteiger partial charge in [-0.1, -0.05) is 69.5 Å². The first-order chi connectivity index (χ1) is 19.1. The lowest BCUT2D eigenvalue weighted by molar-refractivity contribution is 0.401. The minimum atomic E-state index is 0.0955. The third-order valence-electron chi connectivity index (χ3n) is 8.38. The molecule has 0 saturated heterocycles. The summed E-state index contributed by atoms with van der Waals surface area (Å²) in [4.78, 5) is 0. The molecule has 0 aliphatic rings. The van der Waals surface area contributed by atoms with Gasteiger partial charge in [-0.2, -0.15) is 21.0 Å². The van der Waals surface area contributed by atoms with Crippen molar-refractivity contribution in [3.63, 3.8) is 0 Å². The molecule has 1 atom stereocenters. The molecule has 1 heterocycles. The van der Waals surface area contributed by atoms with Gasteiger partial charge in [0, 0.05) is 38.5 Å². The molecule has 1 unspecified atom stereocenters. The van der Waals surface area contributed by atoms with Crippen LogP contribution in [0.1, 0.15) is 39.5 Å². The van der Waals surface area contributed by atoms with Crippen LogP contribution in [0.4, 0.5) is 0 Å². The van der Waals surface area contributed by atoms with Crippen LogP contribution in [-0.4, -0.2) is 4.57 Å². The van der Waals surface area contributed by atoms with Crippen LogP contribution in [0.5, 0.6) is 0 Å². The molecular formula is C34H25N5. The molecule has 0 fully saturated rings. The minimum Gasteiger partial charge on any atom is -0.340 e. The predicted octanol–water partition coefficient (Wildman–Crippen LogP) is 6.74. The van der Waals surface area contributed by atoms with Crippen molar-refractivity contribution in [1.29, 1.82) is 21.0 Å². The van der Waals surface area contributed by atoms with Gasteiger partial charge in [-0.3, -0.25) is 0 Å². The maximum Gasteiger partial charge on any atom is 0.137 e. The maximum absolute atomic E-state index is 9.88. The standard InChI is InChI=1S/C34H25N5/c1-3-5-8-20(4-2)19-39-29-13-27(21(15-35)16-36)25-11-6-9-23-24-10-7-12-26-28(22(17-37)18-38)14-30(39)34(32(24)26)33(29)31(23)25/h6-7,9-14,20H,3-5,8,19H2,1-2H3. The molecule has 0 spiro atoms. The highest BCUT2D eigenvalue weighted by Crippen LogP contribution is 2.45. The van der Waals surface area contributed by atoms with E-state index in [9.17, 15) is 21.0 Å². The van der Waals surface area contributed by atoms with Gasteiger partial charge in [-0.15, -0.1) is 0 Å². The average Bonchev–Trinajstić information content (AvgIpc) is 3.29. The highest BCUT2D eigenvalue weighted by molar-refractivity contribution is 6.40. The van der Waals surface area contributed by atoms with Gasteiger partial charge in [0.15, 0.2) is 0 Å². The topological polar surface area (TPSA) is 100 Å². The lowest BCUT2D eigenvalue weighted by atomic mass is 9.88. The van der Waals surface area contributed by atoms with Crippen molar-refractivity contribution in [3.05, 3.63) is 59.0 Å². The summed E-state index contributed by atoms with van der Waals surface area (Å²) in [6.45, 7) is 5.20. The van der Waals surface area contributed by atoms with E-state index >= 15 is 0 Å². The fourth-order valence-corrected chi connectivity index (χ4v) is 6.51. The minimum absolute atomic E-state index is 0.0955. The van der Waals surface area contributed by atoms with Gasteiger partial charge in [0.2, 0.25) is 0 Å². The van der Waals surface area contributed by atoms with E-state index in [0.717, 1.165) is 86.4 Å². The number of nitrogens with zero attached hydrogens (tertiary/aromatic N) is 5. The average molecular weight is 504 g/mol. The molecule has 0 amide bonds. The number of nitriles is 4. The molecule has 0 bridgehead atoms.